The summed E-state index contributed by atoms with van der Waals surface area (Å²) in [4.78, 5) is 7.18. The van der Waals surface area contributed by atoms with Crippen molar-refractivity contribution in [2.45, 2.75) is 9.83 Å². The number of sulfone groups is 1. The number of aromatic nitrogens is 1. The van der Waals surface area contributed by atoms with Gasteiger partial charge in [-0.15, -0.1) is 0 Å². The van der Waals surface area contributed by atoms with Gasteiger partial charge in [0.2, 0.25) is 0 Å². The average molecular weight is 376 g/mol. The molecule has 9 heteroatoms. The predicted molar refractivity (Wildman–Crippen MR) is 84.5 cm³/mol. The summed E-state index contributed by atoms with van der Waals surface area (Å²) in [6, 6.07) is 5.72. The Hall–Kier alpha value is -0.330. The maximum atomic E-state index is 11.3. The highest BCUT2D eigenvalue weighted by Crippen LogP contribution is 2.42. The molecule has 0 aliphatic carbocycles. The van der Waals surface area contributed by atoms with Crippen molar-refractivity contribution in [3.63, 3.8) is 0 Å². The number of alkyl halides is 3. The van der Waals surface area contributed by atoms with Gasteiger partial charge in [-0.25, -0.2) is 8.42 Å². The second kappa shape index (κ2) is 7.09. The number of rotatable bonds is 1. The van der Waals surface area contributed by atoms with Crippen molar-refractivity contribution in [2.24, 2.45) is 4.99 Å². The van der Waals surface area contributed by atoms with Gasteiger partial charge >= 0.3 is 0 Å². The van der Waals surface area contributed by atoms with Crippen LogP contribution in [-0.4, -0.2) is 34.7 Å². The van der Waals surface area contributed by atoms with Gasteiger partial charge < -0.3 is 0 Å². The second-order valence-electron chi connectivity index (χ2n) is 3.72. The minimum absolute atomic E-state index is 0.0395. The molecule has 2 heterocycles. The summed E-state index contributed by atoms with van der Waals surface area (Å²) in [7, 11) is -3.55. The molecular formula is C11H10Cl4N2O2S. The summed E-state index contributed by atoms with van der Waals surface area (Å²) in [6.45, 7) is 0. The number of hydrogen-bond donors (Lipinski definition) is 0. The first-order valence-corrected chi connectivity index (χ1v) is 8.64. The van der Waals surface area contributed by atoms with E-state index < -0.39 is 19.7 Å². The summed E-state index contributed by atoms with van der Waals surface area (Å²) < 4.78 is 20.8. The van der Waals surface area contributed by atoms with E-state index in [1.807, 2.05) is 18.2 Å². The molecule has 1 aromatic rings. The fraction of sp³-hybridized carbons (Fsp3) is 0.273. The molecule has 0 aromatic carbocycles. The van der Waals surface area contributed by atoms with E-state index in [0.29, 0.717) is 0 Å². The highest BCUT2D eigenvalue weighted by molar-refractivity contribution is 7.94. The van der Waals surface area contributed by atoms with Gasteiger partial charge in [-0.2, -0.15) is 0 Å². The fourth-order valence-electron chi connectivity index (χ4n) is 1.22. The summed E-state index contributed by atoms with van der Waals surface area (Å²) in [5.74, 6) is 0. The normalized spacial score (nSPS) is 21.1. The number of nitrogens with zero attached hydrogens (tertiary/aromatic N) is 2. The largest absolute Gasteiger partial charge is 0.265 e. The Morgan fingerprint density at radius 2 is 1.75 bits per heavy atom. The minimum Gasteiger partial charge on any atom is -0.265 e. The third kappa shape index (κ3) is 4.90. The number of allylic oxidation sites excluding steroid dienone is 1. The first-order valence-electron chi connectivity index (χ1n) is 5.18. The molecule has 110 valence electrons. The van der Waals surface area contributed by atoms with Crippen molar-refractivity contribution in [3.05, 3.63) is 41.6 Å². The summed E-state index contributed by atoms with van der Waals surface area (Å²) >= 11 is 22.7. The van der Waals surface area contributed by atoms with Gasteiger partial charge in [-0.3, -0.25) is 9.98 Å². The Bertz CT molecular complexity index is 588. The lowest BCUT2D eigenvalue weighted by Crippen LogP contribution is -2.34. The highest BCUT2D eigenvalue weighted by atomic mass is 35.5. The van der Waals surface area contributed by atoms with E-state index in [1.54, 1.807) is 12.4 Å². The SMILES string of the molecule is CS(=O)(=O)C1=CC(Cl)=NC(Cl)C1(Cl)Cl.c1ccncc1. The standard InChI is InChI=1S/C6H5Cl4NO2S.C5H5N/c1-14(12,13)3-2-4(7)11-5(8)6(3,9)10;1-2-4-6-5-3-1/h2,5H,1H3;1-5H. The van der Waals surface area contributed by atoms with Gasteiger partial charge in [0, 0.05) is 18.6 Å². The monoisotopic (exact) mass is 374 g/mol. The van der Waals surface area contributed by atoms with Crippen LogP contribution in [0.2, 0.25) is 0 Å². The van der Waals surface area contributed by atoms with Crippen molar-refractivity contribution in [1.82, 2.24) is 4.98 Å². The maximum absolute atomic E-state index is 11.3. The Labute approximate surface area is 137 Å². The number of pyridine rings is 1. The lowest BCUT2D eigenvalue weighted by molar-refractivity contribution is 0.603. The molecule has 0 fully saturated rings. The number of aliphatic imine (C=N–C) groups is 1. The van der Waals surface area contributed by atoms with E-state index in [-0.39, 0.29) is 10.1 Å². The molecule has 0 radical (unpaired) electrons. The van der Waals surface area contributed by atoms with E-state index in [0.717, 1.165) is 12.3 Å². The third-order valence-electron chi connectivity index (χ3n) is 2.08. The molecule has 2 rings (SSSR count). The van der Waals surface area contributed by atoms with E-state index in [9.17, 15) is 8.42 Å². The first kappa shape index (κ1) is 17.7. The molecule has 0 saturated carbocycles. The second-order valence-corrected chi connectivity index (χ2v) is 7.89. The Balaban J connectivity index is 0.000000276. The van der Waals surface area contributed by atoms with Crippen LogP contribution in [0.3, 0.4) is 0 Å². The van der Waals surface area contributed by atoms with Gasteiger partial charge in [-0.05, 0) is 18.2 Å². The van der Waals surface area contributed by atoms with Crippen molar-refractivity contribution >= 4 is 61.4 Å². The van der Waals surface area contributed by atoms with Gasteiger partial charge in [0.05, 0.1) is 4.91 Å². The van der Waals surface area contributed by atoms with Crippen LogP contribution in [0.4, 0.5) is 0 Å². The third-order valence-corrected chi connectivity index (χ3v) is 5.22. The molecule has 0 amide bonds. The van der Waals surface area contributed by atoms with Crippen LogP contribution in [0.15, 0.2) is 46.6 Å². The van der Waals surface area contributed by atoms with Crippen LogP contribution in [0.5, 0.6) is 0 Å². The van der Waals surface area contributed by atoms with Crippen LogP contribution in [0, 0.1) is 0 Å². The van der Waals surface area contributed by atoms with Crippen molar-refractivity contribution in [1.29, 1.82) is 0 Å². The van der Waals surface area contributed by atoms with Gasteiger partial charge in [0.25, 0.3) is 0 Å². The fourth-order valence-corrected chi connectivity index (χ4v) is 3.80. The van der Waals surface area contributed by atoms with Crippen molar-refractivity contribution in [3.8, 4) is 0 Å². The topological polar surface area (TPSA) is 59.4 Å². The van der Waals surface area contributed by atoms with Crippen molar-refractivity contribution < 1.29 is 8.42 Å². The highest BCUT2D eigenvalue weighted by Gasteiger charge is 2.44. The minimum atomic E-state index is -3.55. The van der Waals surface area contributed by atoms with Crippen LogP contribution >= 0.6 is 46.4 Å². The van der Waals surface area contributed by atoms with Crippen LogP contribution in [-0.2, 0) is 9.84 Å². The predicted octanol–water partition coefficient (Wildman–Crippen LogP) is 3.39. The van der Waals surface area contributed by atoms with E-state index in [1.165, 1.54) is 0 Å². The summed E-state index contributed by atoms with van der Waals surface area (Å²) in [6.07, 6.45) is 5.56. The molecule has 1 aliphatic rings. The first-order chi connectivity index (χ1) is 9.15. The summed E-state index contributed by atoms with van der Waals surface area (Å²) in [5, 5.41) is -0.0395. The molecule has 0 bridgehead atoms. The smallest absolute Gasteiger partial charge is 0.189 e. The molecule has 1 unspecified atom stereocenters. The lowest BCUT2D eigenvalue weighted by Gasteiger charge is -2.27. The molecular weight excluding hydrogens is 366 g/mol. The van der Waals surface area contributed by atoms with Crippen LogP contribution in [0.1, 0.15) is 0 Å². The van der Waals surface area contributed by atoms with Crippen LogP contribution < -0.4 is 0 Å². The molecule has 4 nitrogen and oxygen atoms in total. The van der Waals surface area contributed by atoms with Gasteiger partial charge in [0.15, 0.2) is 19.7 Å². The molecule has 0 N–H and O–H groups in total. The quantitative estimate of drug-likeness (QED) is 0.558. The van der Waals surface area contributed by atoms with Crippen molar-refractivity contribution in [2.75, 3.05) is 6.26 Å². The Morgan fingerprint density at radius 1 is 1.20 bits per heavy atom. The van der Waals surface area contributed by atoms with E-state index in [2.05, 4.69) is 9.98 Å². The molecule has 1 atom stereocenters. The Morgan fingerprint density at radius 3 is 2.10 bits per heavy atom. The lowest BCUT2D eigenvalue weighted by atomic mass is 10.3. The number of dihydropyridines is 1. The van der Waals surface area contributed by atoms with E-state index >= 15 is 0 Å². The molecule has 1 aromatic heterocycles. The molecule has 0 saturated heterocycles. The maximum Gasteiger partial charge on any atom is 0.189 e. The van der Waals surface area contributed by atoms with E-state index in [4.69, 9.17) is 46.4 Å². The van der Waals surface area contributed by atoms with Gasteiger partial charge in [-0.1, -0.05) is 52.5 Å². The summed E-state index contributed by atoms with van der Waals surface area (Å²) in [5.41, 5.74) is -1.12. The molecule has 0 spiro atoms. The zero-order valence-corrected chi connectivity index (χ0v) is 14.0. The Kier molecular flexibility index (Phi) is 6.28. The molecule has 20 heavy (non-hydrogen) atoms. The zero-order valence-electron chi connectivity index (χ0n) is 10.2. The van der Waals surface area contributed by atoms with Crippen LogP contribution in [0.25, 0.3) is 0 Å². The number of halogens is 4. The van der Waals surface area contributed by atoms with Gasteiger partial charge in [0.1, 0.15) is 5.17 Å². The zero-order chi connectivity index (χ0) is 15.4. The number of hydrogen-bond acceptors (Lipinski definition) is 4. The molecule has 1 aliphatic heterocycles. The average Bonchev–Trinajstić information content (AvgIpc) is 2.36.